The third-order valence-electron chi connectivity index (χ3n) is 12.6. The van der Waals surface area contributed by atoms with Crippen LogP contribution in [0, 0.1) is 0 Å². The Labute approximate surface area is 438 Å². The number of allylic oxidation sites excluding steroid dienone is 16. The summed E-state index contributed by atoms with van der Waals surface area (Å²) in [6.45, 7) is 6.41. The fraction of sp³-hybridized carbons (Fsp3) is 0.708. The van der Waals surface area contributed by atoms with E-state index in [1.165, 1.54) is 103 Å². The third-order valence-corrected chi connectivity index (χ3v) is 12.6. The maximum absolute atomic E-state index is 12.9. The van der Waals surface area contributed by atoms with Gasteiger partial charge in [0, 0.05) is 19.3 Å². The minimum absolute atomic E-state index is 0.0865. The van der Waals surface area contributed by atoms with Crippen LogP contribution in [0.15, 0.2) is 97.2 Å². The molecule has 0 aromatic heterocycles. The van der Waals surface area contributed by atoms with E-state index in [4.69, 9.17) is 14.2 Å². The molecule has 0 N–H and O–H groups in total. The third kappa shape index (κ3) is 57.1. The predicted octanol–water partition coefficient (Wildman–Crippen LogP) is 20.1. The molecule has 6 nitrogen and oxygen atoms in total. The van der Waals surface area contributed by atoms with Crippen LogP contribution < -0.4 is 0 Å². The maximum atomic E-state index is 12.9. The molecule has 6 heteroatoms. The van der Waals surface area contributed by atoms with E-state index in [2.05, 4.69) is 118 Å². The van der Waals surface area contributed by atoms with Gasteiger partial charge in [-0.15, -0.1) is 0 Å². The highest BCUT2D eigenvalue weighted by atomic mass is 16.6. The van der Waals surface area contributed by atoms with Gasteiger partial charge in [0.25, 0.3) is 0 Å². The van der Waals surface area contributed by atoms with Crippen molar-refractivity contribution in [1.82, 2.24) is 0 Å². The zero-order valence-corrected chi connectivity index (χ0v) is 46.5. The van der Waals surface area contributed by atoms with Crippen molar-refractivity contribution in [3.8, 4) is 0 Å². The van der Waals surface area contributed by atoms with E-state index in [1.54, 1.807) is 0 Å². The van der Waals surface area contributed by atoms with Crippen molar-refractivity contribution < 1.29 is 28.6 Å². The lowest BCUT2D eigenvalue weighted by atomic mass is 10.0. The van der Waals surface area contributed by atoms with Gasteiger partial charge in [-0.3, -0.25) is 14.4 Å². The van der Waals surface area contributed by atoms with Crippen LogP contribution in [0.4, 0.5) is 0 Å². The first-order chi connectivity index (χ1) is 35.0. The summed E-state index contributed by atoms with van der Waals surface area (Å²) in [6, 6.07) is 0. The highest BCUT2D eigenvalue weighted by Gasteiger charge is 2.19. The first-order valence-electron chi connectivity index (χ1n) is 29.7. The molecule has 0 spiro atoms. The molecule has 0 aliphatic rings. The van der Waals surface area contributed by atoms with E-state index in [1.807, 2.05) is 0 Å². The lowest BCUT2D eigenvalue weighted by Gasteiger charge is -2.18. The van der Waals surface area contributed by atoms with Crippen molar-refractivity contribution in [2.75, 3.05) is 13.2 Å². The van der Waals surface area contributed by atoms with Crippen LogP contribution in [-0.4, -0.2) is 37.2 Å². The first-order valence-corrected chi connectivity index (χ1v) is 29.7. The summed E-state index contributed by atoms with van der Waals surface area (Å²) < 4.78 is 16.9. The fourth-order valence-corrected chi connectivity index (χ4v) is 8.19. The van der Waals surface area contributed by atoms with E-state index >= 15 is 0 Å². The Hall–Kier alpha value is -3.67. The van der Waals surface area contributed by atoms with Gasteiger partial charge in [0.05, 0.1) is 0 Å². The summed E-state index contributed by atoms with van der Waals surface area (Å²) in [6.07, 6.45) is 78.2. The minimum atomic E-state index is -0.792. The topological polar surface area (TPSA) is 78.9 Å². The van der Waals surface area contributed by atoms with Crippen LogP contribution in [-0.2, 0) is 28.6 Å². The first kappa shape index (κ1) is 67.3. The number of carbonyl (C=O) groups is 3. The second-order valence-corrected chi connectivity index (χ2v) is 19.5. The standard InChI is InChI=1S/C65H110O6/c1-4-7-10-13-16-19-22-25-28-30-32-34-37-40-43-46-49-52-55-58-64(67)70-61-62(60-69-63(66)57-54-51-48-45-42-39-36-27-24-21-18-15-12-9-6-3)71-65(68)59-56-53-50-47-44-41-38-35-33-31-29-26-23-20-17-14-11-8-5-2/h7-8,10-11,16-17,19-20,25-26,28-29,32-35,62H,4-6,9,12-15,18,21-24,27,30-31,36-61H2,1-3H3/b10-7-,11-8-,19-16-,20-17-,28-25-,29-26-,34-32-,35-33-. The van der Waals surface area contributed by atoms with Gasteiger partial charge < -0.3 is 14.2 Å². The largest absolute Gasteiger partial charge is 0.462 e. The lowest BCUT2D eigenvalue weighted by Crippen LogP contribution is -2.30. The van der Waals surface area contributed by atoms with Gasteiger partial charge >= 0.3 is 17.9 Å². The van der Waals surface area contributed by atoms with Crippen LogP contribution in [0.25, 0.3) is 0 Å². The Morgan fingerprint density at radius 3 is 0.859 bits per heavy atom. The molecular formula is C65H110O6. The molecule has 1 unspecified atom stereocenters. The van der Waals surface area contributed by atoms with Crippen LogP contribution in [0.1, 0.15) is 278 Å². The number of unbranched alkanes of at least 4 members (excludes halogenated alkanes) is 26. The van der Waals surface area contributed by atoms with E-state index in [0.717, 1.165) is 135 Å². The SMILES string of the molecule is CC/C=C\C/C=C\C/C=C\C/C=C\CCCCCCCCC(=O)OCC(COC(=O)CCCCCCCCCCCCCCCCC)OC(=O)CCCCCCCC/C=C\C/C=C\C/C=C\C/C=C\CC. The molecule has 0 rings (SSSR count). The summed E-state index contributed by atoms with van der Waals surface area (Å²) >= 11 is 0. The number of rotatable bonds is 53. The molecule has 0 aliphatic carbocycles. The monoisotopic (exact) mass is 987 g/mol. The van der Waals surface area contributed by atoms with E-state index < -0.39 is 6.10 Å². The number of hydrogen-bond donors (Lipinski definition) is 0. The van der Waals surface area contributed by atoms with Gasteiger partial charge in [-0.2, -0.15) is 0 Å². The van der Waals surface area contributed by atoms with E-state index in [-0.39, 0.29) is 31.1 Å². The normalized spacial score (nSPS) is 12.8. The molecule has 0 fully saturated rings. The average Bonchev–Trinajstić information content (AvgIpc) is 3.37. The summed E-state index contributed by atoms with van der Waals surface area (Å²) in [5.74, 6) is -0.908. The zero-order chi connectivity index (χ0) is 51.4. The van der Waals surface area contributed by atoms with E-state index in [0.29, 0.717) is 19.3 Å². The molecule has 0 amide bonds. The Bertz CT molecular complexity index is 1410. The number of ether oxygens (including phenoxy) is 3. The molecule has 71 heavy (non-hydrogen) atoms. The Morgan fingerprint density at radius 2 is 0.549 bits per heavy atom. The van der Waals surface area contributed by atoms with E-state index in [9.17, 15) is 14.4 Å². The smallest absolute Gasteiger partial charge is 0.306 e. The van der Waals surface area contributed by atoms with Crippen molar-refractivity contribution >= 4 is 17.9 Å². The van der Waals surface area contributed by atoms with Crippen LogP contribution in [0.2, 0.25) is 0 Å². The van der Waals surface area contributed by atoms with Gasteiger partial charge in [0.1, 0.15) is 13.2 Å². The van der Waals surface area contributed by atoms with Gasteiger partial charge in [-0.05, 0) is 96.3 Å². The van der Waals surface area contributed by atoms with Crippen molar-refractivity contribution in [2.24, 2.45) is 0 Å². The second kappa shape index (κ2) is 58.9. The quantitative estimate of drug-likeness (QED) is 0.0261. The number of esters is 3. The van der Waals surface area contributed by atoms with Gasteiger partial charge in [-0.25, -0.2) is 0 Å². The highest BCUT2D eigenvalue weighted by molar-refractivity contribution is 5.71. The Balaban J connectivity index is 4.43. The summed E-state index contributed by atoms with van der Waals surface area (Å²) in [4.78, 5) is 38.2. The molecule has 1 atom stereocenters. The molecule has 406 valence electrons. The summed E-state index contributed by atoms with van der Waals surface area (Å²) in [7, 11) is 0. The Morgan fingerprint density at radius 1 is 0.296 bits per heavy atom. The highest BCUT2D eigenvalue weighted by Crippen LogP contribution is 2.16. The Kier molecular flexibility index (Phi) is 55.9. The van der Waals surface area contributed by atoms with Gasteiger partial charge in [-0.1, -0.05) is 259 Å². The number of carbonyl (C=O) groups excluding carboxylic acids is 3. The molecule has 0 heterocycles. The molecule has 0 aromatic rings. The molecule has 0 saturated heterocycles. The molecule has 0 aliphatic heterocycles. The van der Waals surface area contributed by atoms with Gasteiger partial charge in [0.2, 0.25) is 0 Å². The van der Waals surface area contributed by atoms with Crippen LogP contribution >= 0.6 is 0 Å². The van der Waals surface area contributed by atoms with Crippen molar-refractivity contribution in [3.63, 3.8) is 0 Å². The summed E-state index contributed by atoms with van der Waals surface area (Å²) in [5, 5.41) is 0. The molecule has 0 saturated carbocycles. The predicted molar refractivity (Wildman–Crippen MR) is 307 cm³/mol. The maximum Gasteiger partial charge on any atom is 0.306 e. The fourth-order valence-electron chi connectivity index (χ4n) is 8.19. The summed E-state index contributed by atoms with van der Waals surface area (Å²) in [5.41, 5.74) is 0. The van der Waals surface area contributed by atoms with Crippen molar-refractivity contribution in [2.45, 2.75) is 284 Å². The molecule has 0 aromatic carbocycles. The minimum Gasteiger partial charge on any atom is -0.462 e. The average molecular weight is 988 g/mol. The molecular weight excluding hydrogens is 877 g/mol. The number of hydrogen-bond acceptors (Lipinski definition) is 6. The molecule has 0 radical (unpaired) electrons. The van der Waals surface area contributed by atoms with Crippen molar-refractivity contribution in [1.29, 1.82) is 0 Å². The van der Waals surface area contributed by atoms with Gasteiger partial charge in [0.15, 0.2) is 6.10 Å². The lowest BCUT2D eigenvalue weighted by molar-refractivity contribution is -0.167. The van der Waals surface area contributed by atoms with Crippen molar-refractivity contribution in [3.05, 3.63) is 97.2 Å². The molecule has 0 bridgehead atoms. The second-order valence-electron chi connectivity index (χ2n) is 19.5. The van der Waals surface area contributed by atoms with Crippen LogP contribution in [0.3, 0.4) is 0 Å². The zero-order valence-electron chi connectivity index (χ0n) is 46.5. The van der Waals surface area contributed by atoms with Crippen LogP contribution in [0.5, 0.6) is 0 Å².